The Morgan fingerprint density at radius 3 is 3.18 bits per heavy atom. The van der Waals surface area contributed by atoms with Crippen molar-refractivity contribution in [3.8, 4) is 0 Å². The van der Waals surface area contributed by atoms with Crippen LogP contribution in [0, 0.1) is 0 Å². The molecule has 2 N–H and O–H groups in total. The molecule has 0 spiro atoms. The van der Waals surface area contributed by atoms with E-state index in [-0.39, 0.29) is 0 Å². The van der Waals surface area contributed by atoms with Crippen molar-refractivity contribution < 1.29 is 0 Å². The smallest absolute Gasteiger partial charge is 0.0925 e. The quantitative estimate of drug-likeness (QED) is 0.755. The first kappa shape index (κ1) is 12.3. The van der Waals surface area contributed by atoms with Crippen molar-refractivity contribution in [3.63, 3.8) is 0 Å². The molecule has 17 heavy (non-hydrogen) atoms. The predicted molar refractivity (Wildman–Crippen MR) is 69.8 cm³/mol. The molecule has 1 aliphatic heterocycles. The zero-order chi connectivity index (χ0) is 12.3. The van der Waals surface area contributed by atoms with Crippen molar-refractivity contribution in [3.05, 3.63) is 30.4 Å². The number of rotatable bonds is 5. The fourth-order valence-electron chi connectivity index (χ4n) is 2.30. The van der Waals surface area contributed by atoms with Gasteiger partial charge in [-0.3, -0.25) is 4.90 Å². The molecule has 2 heterocycles. The van der Waals surface area contributed by atoms with Crippen LogP contribution in [0.2, 0.25) is 0 Å². The molecule has 1 unspecified atom stereocenters. The maximum atomic E-state index is 4.37. The SMILES string of the molecule is C=CCN(CC1Cc2nc[nH]c2CN1)C(C)C. The van der Waals surface area contributed by atoms with Gasteiger partial charge in [0, 0.05) is 38.1 Å². The summed E-state index contributed by atoms with van der Waals surface area (Å²) in [6, 6.07) is 1.04. The largest absolute Gasteiger partial charge is 0.347 e. The van der Waals surface area contributed by atoms with Crippen molar-refractivity contribution in [1.82, 2.24) is 20.2 Å². The third-order valence-corrected chi connectivity index (χ3v) is 3.36. The molecule has 1 aromatic rings. The average Bonchev–Trinajstić information content (AvgIpc) is 2.75. The molecule has 0 bridgehead atoms. The van der Waals surface area contributed by atoms with E-state index in [2.05, 4.69) is 40.6 Å². The van der Waals surface area contributed by atoms with Crippen LogP contribution < -0.4 is 5.32 Å². The van der Waals surface area contributed by atoms with Crippen LogP contribution >= 0.6 is 0 Å². The van der Waals surface area contributed by atoms with Crippen molar-refractivity contribution in [2.75, 3.05) is 13.1 Å². The third kappa shape index (κ3) is 2.96. The minimum Gasteiger partial charge on any atom is -0.347 e. The molecular formula is C13H22N4. The molecule has 4 nitrogen and oxygen atoms in total. The van der Waals surface area contributed by atoms with E-state index in [1.165, 1.54) is 11.4 Å². The summed E-state index contributed by atoms with van der Waals surface area (Å²) >= 11 is 0. The number of nitrogens with zero attached hydrogens (tertiary/aromatic N) is 2. The van der Waals surface area contributed by atoms with Crippen molar-refractivity contribution in [2.45, 2.75) is 38.9 Å². The molecule has 1 aromatic heterocycles. The van der Waals surface area contributed by atoms with Gasteiger partial charge in [-0.05, 0) is 13.8 Å². The number of nitrogens with one attached hydrogen (secondary N) is 2. The number of imidazole rings is 1. The standard InChI is InChI=1S/C13H22N4/c1-4-5-17(10(2)3)8-11-6-12-13(7-14-11)16-9-15-12/h4,9-11,14H,1,5-8H2,2-3H3,(H,15,16). The first-order valence-corrected chi connectivity index (χ1v) is 6.30. The Hall–Kier alpha value is -1.13. The van der Waals surface area contributed by atoms with Crippen LogP contribution in [0.4, 0.5) is 0 Å². The van der Waals surface area contributed by atoms with E-state index in [0.29, 0.717) is 12.1 Å². The Kier molecular flexibility index (Phi) is 3.97. The first-order chi connectivity index (χ1) is 8.20. The van der Waals surface area contributed by atoms with Gasteiger partial charge in [-0.1, -0.05) is 6.08 Å². The maximum Gasteiger partial charge on any atom is 0.0925 e. The lowest BCUT2D eigenvalue weighted by molar-refractivity contribution is 0.212. The van der Waals surface area contributed by atoms with E-state index in [4.69, 9.17) is 0 Å². The zero-order valence-electron chi connectivity index (χ0n) is 10.7. The predicted octanol–water partition coefficient (Wildman–Crippen LogP) is 1.32. The molecular weight excluding hydrogens is 212 g/mol. The summed E-state index contributed by atoms with van der Waals surface area (Å²) in [5.74, 6) is 0. The molecule has 94 valence electrons. The summed E-state index contributed by atoms with van der Waals surface area (Å²) in [5.41, 5.74) is 2.46. The van der Waals surface area contributed by atoms with Crippen molar-refractivity contribution >= 4 is 0 Å². The fraction of sp³-hybridized carbons (Fsp3) is 0.615. The first-order valence-electron chi connectivity index (χ1n) is 6.30. The summed E-state index contributed by atoms with van der Waals surface area (Å²) in [4.78, 5) is 9.98. The second kappa shape index (κ2) is 5.47. The molecule has 2 rings (SSSR count). The highest BCUT2D eigenvalue weighted by atomic mass is 15.2. The van der Waals surface area contributed by atoms with Gasteiger partial charge in [0.05, 0.1) is 17.7 Å². The second-order valence-electron chi connectivity index (χ2n) is 4.95. The van der Waals surface area contributed by atoms with Crippen LogP contribution in [-0.2, 0) is 13.0 Å². The lowest BCUT2D eigenvalue weighted by Crippen LogP contribution is -2.46. The molecule has 4 heteroatoms. The van der Waals surface area contributed by atoms with E-state index < -0.39 is 0 Å². The van der Waals surface area contributed by atoms with Crippen LogP contribution in [0.3, 0.4) is 0 Å². The van der Waals surface area contributed by atoms with Crippen LogP contribution in [0.5, 0.6) is 0 Å². The topological polar surface area (TPSA) is 44.0 Å². The lowest BCUT2D eigenvalue weighted by atomic mass is 10.0. The normalized spacial score (nSPS) is 19.6. The van der Waals surface area contributed by atoms with Crippen LogP contribution in [0.15, 0.2) is 19.0 Å². The molecule has 0 aliphatic carbocycles. The fourth-order valence-corrected chi connectivity index (χ4v) is 2.30. The Bertz CT molecular complexity index is 369. The van der Waals surface area contributed by atoms with Gasteiger partial charge in [-0.15, -0.1) is 6.58 Å². The summed E-state index contributed by atoms with van der Waals surface area (Å²) in [5, 5.41) is 3.56. The van der Waals surface area contributed by atoms with E-state index in [1.807, 2.05) is 6.08 Å². The van der Waals surface area contributed by atoms with Gasteiger partial charge < -0.3 is 10.3 Å². The highest BCUT2D eigenvalue weighted by Crippen LogP contribution is 2.13. The Labute approximate surface area is 103 Å². The average molecular weight is 234 g/mol. The monoisotopic (exact) mass is 234 g/mol. The van der Waals surface area contributed by atoms with E-state index in [1.54, 1.807) is 6.33 Å². The van der Waals surface area contributed by atoms with Crippen LogP contribution in [-0.4, -0.2) is 40.0 Å². The summed E-state index contributed by atoms with van der Waals surface area (Å²) in [7, 11) is 0. The Morgan fingerprint density at radius 2 is 2.47 bits per heavy atom. The second-order valence-corrected chi connectivity index (χ2v) is 4.95. The minimum atomic E-state index is 0.494. The van der Waals surface area contributed by atoms with E-state index in [9.17, 15) is 0 Å². The highest BCUT2D eigenvalue weighted by Gasteiger charge is 2.22. The van der Waals surface area contributed by atoms with Crippen molar-refractivity contribution in [2.24, 2.45) is 0 Å². The molecule has 1 aliphatic rings. The number of H-pyrrole nitrogens is 1. The maximum absolute atomic E-state index is 4.37. The van der Waals surface area contributed by atoms with Crippen molar-refractivity contribution in [1.29, 1.82) is 0 Å². The summed E-state index contributed by atoms with van der Waals surface area (Å²) in [6.07, 6.45) is 4.78. The van der Waals surface area contributed by atoms with Gasteiger partial charge >= 0.3 is 0 Å². The van der Waals surface area contributed by atoms with Crippen LogP contribution in [0.25, 0.3) is 0 Å². The van der Waals surface area contributed by atoms with E-state index >= 15 is 0 Å². The molecule has 0 radical (unpaired) electrons. The van der Waals surface area contributed by atoms with Gasteiger partial charge in [0.15, 0.2) is 0 Å². The minimum absolute atomic E-state index is 0.494. The summed E-state index contributed by atoms with van der Waals surface area (Å²) < 4.78 is 0. The molecule has 0 saturated heterocycles. The van der Waals surface area contributed by atoms with Gasteiger partial charge in [-0.25, -0.2) is 4.98 Å². The number of hydrogen-bond donors (Lipinski definition) is 2. The zero-order valence-corrected chi connectivity index (χ0v) is 10.7. The highest BCUT2D eigenvalue weighted by molar-refractivity contribution is 5.16. The van der Waals surface area contributed by atoms with Gasteiger partial charge in [0.25, 0.3) is 0 Å². The van der Waals surface area contributed by atoms with Gasteiger partial charge in [-0.2, -0.15) is 0 Å². The van der Waals surface area contributed by atoms with Crippen LogP contribution in [0.1, 0.15) is 25.2 Å². The third-order valence-electron chi connectivity index (χ3n) is 3.36. The Balaban J connectivity index is 1.94. The molecule has 0 fully saturated rings. The number of aromatic amines is 1. The molecule has 0 saturated carbocycles. The Morgan fingerprint density at radius 1 is 1.65 bits per heavy atom. The number of hydrogen-bond acceptors (Lipinski definition) is 3. The summed E-state index contributed by atoms with van der Waals surface area (Å²) in [6.45, 7) is 11.2. The lowest BCUT2D eigenvalue weighted by Gasteiger charge is -2.32. The number of fused-ring (bicyclic) bond motifs is 1. The number of aromatic nitrogens is 2. The van der Waals surface area contributed by atoms with E-state index in [0.717, 1.165) is 26.1 Å². The molecule has 1 atom stereocenters. The van der Waals surface area contributed by atoms with Gasteiger partial charge in [0.1, 0.15) is 0 Å². The van der Waals surface area contributed by atoms with Gasteiger partial charge in [0.2, 0.25) is 0 Å². The molecule has 0 aromatic carbocycles. The molecule has 0 amide bonds.